The van der Waals surface area contributed by atoms with E-state index in [0.29, 0.717) is 18.4 Å². The van der Waals surface area contributed by atoms with Gasteiger partial charge in [0.15, 0.2) is 0 Å². The number of hydrogen-bond acceptors (Lipinski definition) is 3. The largest absolute Gasteiger partial charge is 0.466 e. The predicted molar refractivity (Wildman–Crippen MR) is 70.0 cm³/mol. The summed E-state index contributed by atoms with van der Waals surface area (Å²) in [6.45, 7) is 6.57. The third-order valence-electron chi connectivity index (χ3n) is 3.91. The average Bonchev–Trinajstić information content (AvgIpc) is 2.33. The monoisotopic (exact) mass is 255 g/mol. The quantitative estimate of drug-likeness (QED) is 0.767. The Morgan fingerprint density at radius 2 is 1.94 bits per heavy atom. The Morgan fingerprint density at radius 1 is 1.22 bits per heavy atom. The zero-order valence-electron chi connectivity index (χ0n) is 11.7. The average molecular weight is 255 g/mol. The van der Waals surface area contributed by atoms with E-state index >= 15 is 0 Å². The Balaban J connectivity index is 2.29. The van der Waals surface area contributed by atoms with Crippen molar-refractivity contribution in [3.05, 3.63) is 0 Å². The summed E-state index contributed by atoms with van der Waals surface area (Å²) < 4.78 is 4.80. The fourth-order valence-electron chi connectivity index (χ4n) is 2.51. The number of esters is 1. The van der Waals surface area contributed by atoms with Crippen molar-refractivity contribution in [2.75, 3.05) is 6.61 Å². The van der Waals surface area contributed by atoms with Crippen LogP contribution in [-0.2, 0) is 14.3 Å². The smallest absolute Gasteiger partial charge is 0.306 e. The van der Waals surface area contributed by atoms with Crippen LogP contribution in [0.1, 0.15) is 52.9 Å². The van der Waals surface area contributed by atoms with Crippen LogP contribution >= 0.6 is 0 Å². The number of carbonyl (C=O) groups is 2. The molecule has 1 aliphatic rings. The molecule has 104 valence electrons. The summed E-state index contributed by atoms with van der Waals surface area (Å²) in [5.74, 6) is 0.853. The van der Waals surface area contributed by atoms with Gasteiger partial charge in [0.05, 0.1) is 13.0 Å². The van der Waals surface area contributed by atoms with Crippen LogP contribution in [0.3, 0.4) is 0 Å². The van der Waals surface area contributed by atoms with Crippen LogP contribution < -0.4 is 5.32 Å². The molecule has 0 aromatic heterocycles. The summed E-state index contributed by atoms with van der Waals surface area (Å²) in [7, 11) is 0. The zero-order chi connectivity index (χ0) is 13.5. The van der Waals surface area contributed by atoms with Gasteiger partial charge in [-0.25, -0.2) is 0 Å². The SMILES string of the molecule is CCOC(=O)CCC(=O)N[C@@H]1CCC[C@@H](C)[C@H]1C. The molecule has 18 heavy (non-hydrogen) atoms. The summed E-state index contributed by atoms with van der Waals surface area (Å²) >= 11 is 0. The van der Waals surface area contributed by atoms with Gasteiger partial charge in [-0.05, 0) is 25.2 Å². The minimum atomic E-state index is -0.294. The lowest BCUT2D eigenvalue weighted by Crippen LogP contribution is -2.43. The highest BCUT2D eigenvalue weighted by Gasteiger charge is 2.28. The number of amides is 1. The van der Waals surface area contributed by atoms with Crippen LogP contribution in [0.5, 0.6) is 0 Å². The Labute approximate surface area is 109 Å². The minimum Gasteiger partial charge on any atom is -0.466 e. The molecule has 0 unspecified atom stereocenters. The molecule has 1 N–H and O–H groups in total. The number of hydrogen-bond donors (Lipinski definition) is 1. The van der Waals surface area contributed by atoms with Gasteiger partial charge in [0.25, 0.3) is 0 Å². The van der Waals surface area contributed by atoms with Gasteiger partial charge in [-0.3, -0.25) is 9.59 Å². The normalized spacial score (nSPS) is 27.6. The second-order valence-electron chi connectivity index (χ2n) is 5.25. The van der Waals surface area contributed by atoms with Crippen molar-refractivity contribution < 1.29 is 14.3 Å². The van der Waals surface area contributed by atoms with E-state index in [0.717, 1.165) is 6.42 Å². The Morgan fingerprint density at radius 3 is 2.61 bits per heavy atom. The predicted octanol–water partition coefficient (Wildman–Crippen LogP) is 2.27. The summed E-state index contributed by atoms with van der Waals surface area (Å²) in [4.78, 5) is 22.9. The second kappa shape index (κ2) is 7.39. The van der Waals surface area contributed by atoms with Crippen molar-refractivity contribution in [1.29, 1.82) is 0 Å². The highest BCUT2D eigenvalue weighted by atomic mass is 16.5. The summed E-state index contributed by atoms with van der Waals surface area (Å²) in [5.41, 5.74) is 0. The molecule has 0 spiro atoms. The van der Waals surface area contributed by atoms with Crippen molar-refractivity contribution in [3.63, 3.8) is 0 Å². The van der Waals surface area contributed by atoms with E-state index in [2.05, 4.69) is 19.2 Å². The van der Waals surface area contributed by atoms with E-state index in [4.69, 9.17) is 4.74 Å². The van der Waals surface area contributed by atoms with Crippen LogP contribution in [0.2, 0.25) is 0 Å². The fraction of sp³-hybridized carbons (Fsp3) is 0.857. The molecule has 0 radical (unpaired) electrons. The molecule has 0 bridgehead atoms. The molecule has 0 saturated heterocycles. The number of carbonyl (C=O) groups excluding carboxylic acids is 2. The van der Waals surface area contributed by atoms with Gasteiger partial charge in [0.1, 0.15) is 0 Å². The van der Waals surface area contributed by atoms with Crippen LogP contribution in [0.4, 0.5) is 0 Å². The summed E-state index contributed by atoms with van der Waals surface area (Å²) in [6.07, 6.45) is 3.88. The summed E-state index contributed by atoms with van der Waals surface area (Å²) in [6, 6.07) is 0.267. The molecule has 0 heterocycles. The van der Waals surface area contributed by atoms with E-state index in [-0.39, 0.29) is 30.8 Å². The lowest BCUT2D eigenvalue weighted by molar-refractivity contribution is -0.144. The van der Waals surface area contributed by atoms with E-state index in [1.165, 1.54) is 12.8 Å². The summed E-state index contributed by atoms with van der Waals surface area (Å²) in [5, 5.41) is 3.05. The standard InChI is InChI=1S/C14H25NO3/c1-4-18-14(17)9-8-13(16)15-12-7-5-6-10(2)11(12)3/h10-12H,4-9H2,1-3H3,(H,15,16)/t10-,11-,12-/m1/s1. The molecule has 0 aromatic carbocycles. The second-order valence-corrected chi connectivity index (χ2v) is 5.25. The topological polar surface area (TPSA) is 55.4 Å². The van der Waals surface area contributed by atoms with E-state index in [9.17, 15) is 9.59 Å². The molecule has 1 saturated carbocycles. The van der Waals surface area contributed by atoms with Crippen LogP contribution in [0.15, 0.2) is 0 Å². The van der Waals surface area contributed by atoms with Crippen molar-refractivity contribution in [1.82, 2.24) is 5.32 Å². The van der Waals surface area contributed by atoms with Gasteiger partial charge in [0.2, 0.25) is 5.91 Å². The molecule has 1 aliphatic carbocycles. The van der Waals surface area contributed by atoms with Crippen LogP contribution in [0.25, 0.3) is 0 Å². The van der Waals surface area contributed by atoms with Gasteiger partial charge in [-0.1, -0.05) is 26.7 Å². The maximum Gasteiger partial charge on any atom is 0.306 e. The molecule has 1 amide bonds. The molecular weight excluding hydrogens is 230 g/mol. The van der Waals surface area contributed by atoms with Crippen LogP contribution in [0, 0.1) is 11.8 Å². The lowest BCUT2D eigenvalue weighted by Gasteiger charge is -2.34. The van der Waals surface area contributed by atoms with Crippen molar-refractivity contribution in [2.45, 2.75) is 58.9 Å². The first-order chi connectivity index (χ1) is 8.54. The number of rotatable bonds is 5. The Kier molecular flexibility index (Phi) is 6.16. The molecule has 3 atom stereocenters. The molecule has 1 rings (SSSR count). The van der Waals surface area contributed by atoms with Crippen molar-refractivity contribution in [2.24, 2.45) is 11.8 Å². The molecular formula is C14H25NO3. The van der Waals surface area contributed by atoms with E-state index < -0.39 is 0 Å². The fourth-order valence-corrected chi connectivity index (χ4v) is 2.51. The molecule has 4 nitrogen and oxygen atoms in total. The Bertz CT molecular complexity index is 291. The molecule has 0 aromatic rings. The van der Waals surface area contributed by atoms with Gasteiger partial charge >= 0.3 is 5.97 Å². The minimum absolute atomic E-state index is 0.0333. The zero-order valence-corrected chi connectivity index (χ0v) is 11.7. The molecule has 0 aliphatic heterocycles. The first-order valence-corrected chi connectivity index (χ1v) is 6.99. The van der Waals surface area contributed by atoms with Crippen molar-refractivity contribution >= 4 is 11.9 Å². The van der Waals surface area contributed by atoms with Crippen LogP contribution in [-0.4, -0.2) is 24.5 Å². The van der Waals surface area contributed by atoms with Crippen molar-refractivity contribution in [3.8, 4) is 0 Å². The lowest BCUT2D eigenvalue weighted by atomic mass is 9.78. The highest BCUT2D eigenvalue weighted by Crippen LogP contribution is 2.29. The third-order valence-corrected chi connectivity index (χ3v) is 3.91. The third kappa shape index (κ3) is 4.67. The highest BCUT2D eigenvalue weighted by molar-refractivity contribution is 5.81. The maximum atomic E-state index is 11.8. The first-order valence-electron chi connectivity index (χ1n) is 6.99. The number of ether oxygens (including phenoxy) is 1. The van der Waals surface area contributed by atoms with E-state index in [1.807, 2.05) is 0 Å². The molecule has 1 fully saturated rings. The number of nitrogens with one attached hydrogen (secondary N) is 1. The molecule has 4 heteroatoms. The van der Waals surface area contributed by atoms with Gasteiger partial charge in [-0.15, -0.1) is 0 Å². The van der Waals surface area contributed by atoms with Gasteiger partial charge in [-0.2, -0.15) is 0 Å². The van der Waals surface area contributed by atoms with E-state index in [1.54, 1.807) is 6.92 Å². The maximum absolute atomic E-state index is 11.8. The Hall–Kier alpha value is -1.06. The van der Waals surface area contributed by atoms with Gasteiger partial charge in [0, 0.05) is 12.5 Å². The first kappa shape index (κ1) is 15.0. The van der Waals surface area contributed by atoms with Gasteiger partial charge < -0.3 is 10.1 Å².